The van der Waals surface area contributed by atoms with Crippen molar-refractivity contribution in [2.45, 2.75) is 57.8 Å². The van der Waals surface area contributed by atoms with Crippen molar-refractivity contribution in [3.63, 3.8) is 0 Å². The van der Waals surface area contributed by atoms with Crippen molar-refractivity contribution in [1.29, 1.82) is 0 Å². The lowest BCUT2D eigenvalue weighted by Crippen LogP contribution is -2.45. The van der Waals surface area contributed by atoms with Gasteiger partial charge in [-0.3, -0.25) is 9.48 Å². The number of rotatable bonds is 6. The molecule has 1 aliphatic rings. The molecule has 0 spiro atoms. The van der Waals surface area contributed by atoms with Crippen molar-refractivity contribution in [2.24, 2.45) is 0 Å². The molecule has 1 aliphatic heterocycles. The van der Waals surface area contributed by atoms with Gasteiger partial charge >= 0.3 is 12.4 Å². The van der Waals surface area contributed by atoms with Crippen molar-refractivity contribution in [1.82, 2.24) is 30.4 Å². The van der Waals surface area contributed by atoms with Gasteiger partial charge in [0.25, 0.3) is 0 Å². The number of ether oxygens (including phenoxy) is 1. The largest absolute Gasteiger partial charge is 0.436 e. The Morgan fingerprint density at radius 1 is 1.21 bits per heavy atom. The first-order valence-electron chi connectivity index (χ1n) is 11.6. The van der Waals surface area contributed by atoms with Gasteiger partial charge in [-0.15, -0.1) is 10.2 Å². The fourth-order valence-electron chi connectivity index (χ4n) is 4.40. The number of hydrogen-bond acceptors (Lipinski definition) is 7. The Labute approximate surface area is 222 Å². The number of halogens is 7. The number of aromatic nitrogens is 6. The summed E-state index contributed by atoms with van der Waals surface area (Å²) in [5.41, 5.74) is -1.10. The van der Waals surface area contributed by atoms with Crippen molar-refractivity contribution >= 4 is 28.9 Å². The van der Waals surface area contributed by atoms with Gasteiger partial charge < -0.3 is 15.0 Å². The fourth-order valence-corrected chi connectivity index (χ4v) is 4.63. The molecule has 212 valence electrons. The van der Waals surface area contributed by atoms with Crippen LogP contribution in [0.2, 0.25) is 5.02 Å². The highest BCUT2D eigenvalue weighted by Gasteiger charge is 2.43. The van der Waals surface area contributed by atoms with E-state index in [9.17, 15) is 31.1 Å². The van der Waals surface area contributed by atoms with Gasteiger partial charge in [-0.2, -0.15) is 36.7 Å². The summed E-state index contributed by atoms with van der Waals surface area (Å²) in [6.45, 7) is 5.97. The van der Waals surface area contributed by atoms with E-state index in [-0.39, 0.29) is 29.3 Å². The summed E-state index contributed by atoms with van der Waals surface area (Å²) in [5.74, 6) is -1.24. The van der Waals surface area contributed by atoms with Crippen LogP contribution in [0.4, 0.5) is 37.7 Å². The number of hydrogen-bond donors (Lipinski definition) is 2. The number of nitrogens with zero attached hydrogens (tertiary/aromatic N) is 6. The quantitative estimate of drug-likeness (QED) is 0.403. The van der Waals surface area contributed by atoms with Crippen LogP contribution in [0.5, 0.6) is 0 Å². The molecule has 39 heavy (non-hydrogen) atoms. The van der Waals surface area contributed by atoms with Crippen LogP contribution in [0.25, 0.3) is 11.4 Å². The average molecular weight is 581 g/mol. The summed E-state index contributed by atoms with van der Waals surface area (Å²) in [5, 5.41) is 18.3. The lowest BCUT2D eigenvalue weighted by molar-refractivity contribution is -0.152. The Bertz CT molecular complexity index is 1320. The third-order valence-corrected chi connectivity index (χ3v) is 6.45. The molecule has 1 fully saturated rings. The van der Waals surface area contributed by atoms with Crippen LogP contribution < -0.4 is 10.2 Å². The monoisotopic (exact) mass is 580 g/mol. The van der Waals surface area contributed by atoms with E-state index < -0.39 is 47.1 Å². The molecule has 0 saturated carbocycles. The molecule has 1 unspecified atom stereocenters. The summed E-state index contributed by atoms with van der Waals surface area (Å²) in [6, 6.07) is 2.51. The smallest absolute Gasteiger partial charge is 0.372 e. The van der Waals surface area contributed by atoms with E-state index in [0.717, 1.165) is 6.92 Å². The standard InChI is InChI=1S/C22H23ClF6N8O2/c1-10-8-36(9-11(2)39-10)13-4-5-15(14(6-13)19-31-34-35-32-19)30-20(38)16(7-21(24,25)26)37-12(3)17(23)18(33-37)22(27,28)29/h4-6,10-11,16H,7-9H2,1-3H3,(H,30,38)(H,31,32,34,35)/t10-,11?,16-/m0/s1. The lowest BCUT2D eigenvalue weighted by Gasteiger charge is -2.37. The van der Waals surface area contributed by atoms with Crippen LogP contribution in [-0.2, 0) is 15.7 Å². The van der Waals surface area contributed by atoms with Crippen molar-refractivity contribution in [3.05, 3.63) is 34.6 Å². The zero-order chi connectivity index (χ0) is 28.7. The highest BCUT2D eigenvalue weighted by Crippen LogP contribution is 2.39. The molecule has 0 radical (unpaired) electrons. The second-order valence-electron chi connectivity index (χ2n) is 9.14. The summed E-state index contributed by atoms with van der Waals surface area (Å²) in [6.07, 6.45) is -11.9. The minimum atomic E-state index is -5.04. The normalized spacial score (nSPS) is 19.3. The van der Waals surface area contributed by atoms with E-state index in [1.807, 2.05) is 18.7 Å². The first kappa shape index (κ1) is 28.6. The predicted octanol–water partition coefficient (Wildman–Crippen LogP) is 4.79. The number of carbonyl (C=O) groups is 1. The molecular formula is C22H23ClF6N8O2. The lowest BCUT2D eigenvalue weighted by atomic mass is 10.1. The van der Waals surface area contributed by atoms with Gasteiger partial charge in [0.05, 0.1) is 35.0 Å². The SMILES string of the molecule is Cc1c(Cl)c(C(F)(F)F)nn1[C@@H](CC(F)(F)F)C(=O)Nc1ccc(N2CC(C)O[C@@H](C)C2)cc1-c1nn[nH]n1. The number of anilines is 2. The van der Waals surface area contributed by atoms with Crippen molar-refractivity contribution in [3.8, 4) is 11.4 Å². The number of amides is 1. The molecule has 0 aliphatic carbocycles. The number of H-pyrrole nitrogens is 1. The Balaban J connectivity index is 1.72. The van der Waals surface area contributed by atoms with Gasteiger partial charge in [-0.05, 0) is 44.2 Å². The summed E-state index contributed by atoms with van der Waals surface area (Å²) in [7, 11) is 0. The molecular weight excluding hydrogens is 558 g/mol. The molecule has 3 atom stereocenters. The van der Waals surface area contributed by atoms with Crippen LogP contribution >= 0.6 is 11.6 Å². The zero-order valence-electron chi connectivity index (χ0n) is 20.7. The van der Waals surface area contributed by atoms with E-state index in [0.29, 0.717) is 23.5 Å². The van der Waals surface area contributed by atoms with Gasteiger partial charge in [0.2, 0.25) is 11.7 Å². The first-order valence-corrected chi connectivity index (χ1v) is 12.0. The van der Waals surface area contributed by atoms with E-state index in [2.05, 4.69) is 31.0 Å². The van der Waals surface area contributed by atoms with Crippen LogP contribution in [-0.4, -0.2) is 67.8 Å². The summed E-state index contributed by atoms with van der Waals surface area (Å²) >= 11 is 5.73. The number of aromatic amines is 1. The molecule has 2 aromatic heterocycles. The van der Waals surface area contributed by atoms with E-state index in [1.165, 1.54) is 6.07 Å². The molecule has 1 amide bonds. The number of carbonyl (C=O) groups excluding carboxylic acids is 1. The predicted molar refractivity (Wildman–Crippen MR) is 127 cm³/mol. The highest BCUT2D eigenvalue weighted by atomic mass is 35.5. The van der Waals surface area contributed by atoms with Gasteiger partial charge in [-0.25, -0.2) is 0 Å². The Morgan fingerprint density at radius 2 is 1.87 bits per heavy atom. The van der Waals surface area contributed by atoms with Crippen molar-refractivity contribution < 1.29 is 35.9 Å². The van der Waals surface area contributed by atoms with Crippen molar-refractivity contribution in [2.75, 3.05) is 23.3 Å². The molecule has 4 rings (SSSR count). The Morgan fingerprint density at radius 3 is 2.41 bits per heavy atom. The second kappa shape index (κ2) is 10.6. The van der Waals surface area contributed by atoms with E-state index in [1.54, 1.807) is 12.1 Å². The number of tetrazole rings is 1. The first-order chi connectivity index (χ1) is 18.1. The minimum absolute atomic E-state index is 0.0126. The second-order valence-corrected chi connectivity index (χ2v) is 9.52. The number of nitrogens with one attached hydrogen (secondary N) is 2. The highest BCUT2D eigenvalue weighted by molar-refractivity contribution is 6.32. The maximum absolute atomic E-state index is 13.5. The van der Waals surface area contributed by atoms with Gasteiger partial charge in [0.1, 0.15) is 6.04 Å². The summed E-state index contributed by atoms with van der Waals surface area (Å²) in [4.78, 5) is 15.2. The van der Waals surface area contributed by atoms with Crippen LogP contribution in [0.1, 0.15) is 37.7 Å². The van der Waals surface area contributed by atoms with E-state index >= 15 is 0 Å². The number of benzene rings is 1. The molecule has 1 aromatic carbocycles. The van der Waals surface area contributed by atoms with Crippen LogP contribution in [0.3, 0.4) is 0 Å². The molecule has 0 bridgehead atoms. The maximum atomic E-state index is 13.5. The fraction of sp³-hybridized carbons (Fsp3) is 0.500. The molecule has 17 heteroatoms. The Hall–Kier alpha value is -3.40. The minimum Gasteiger partial charge on any atom is -0.372 e. The van der Waals surface area contributed by atoms with Crippen LogP contribution in [0, 0.1) is 6.92 Å². The summed E-state index contributed by atoms with van der Waals surface area (Å²) < 4.78 is 86.4. The molecule has 3 aromatic rings. The third kappa shape index (κ3) is 6.43. The number of alkyl halides is 6. The number of morpholine rings is 1. The zero-order valence-corrected chi connectivity index (χ0v) is 21.5. The van der Waals surface area contributed by atoms with E-state index in [4.69, 9.17) is 16.3 Å². The average Bonchev–Trinajstić information content (AvgIpc) is 3.45. The maximum Gasteiger partial charge on any atom is 0.436 e. The molecule has 10 nitrogen and oxygen atoms in total. The van der Waals surface area contributed by atoms with Crippen LogP contribution in [0.15, 0.2) is 18.2 Å². The van der Waals surface area contributed by atoms with Gasteiger partial charge in [0.15, 0.2) is 5.69 Å². The molecule has 1 saturated heterocycles. The Kier molecular flexibility index (Phi) is 7.80. The molecule has 3 heterocycles. The van der Waals surface area contributed by atoms with Gasteiger partial charge in [-0.1, -0.05) is 11.6 Å². The topological polar surface area (TPSA) is 114 Å². The van der Waals surface area contributed by atoms with Gasteiger partial charge in [0, 0.05) is 24.3 Å². The molecule has 2 N–H and O–H groups in total. The third-order valence-electron chi connectivity index (χ3n) is 6.00.